The summed E-state index contributed by atoms with van der Waals surface area (Å²) >= 11 is 0. The molecule has 0 bridgehead atoms. The predicted molar refractivity (Wildman–Crippen MR) is 83.2 cm³/mol. The minimum Gasteiger partial charge on any atom is -0.311 e. The fraction of sp³-hybridized carbons (Fsp3) is 0.529. The van der Waals surface area contributed by atoms with Crippen LogP contribution in [0.5, 0.6) is 0 Å². The number of rotatable bonds is 5. The van der Waals surface area contributed by atoms with Gasteiger partial charge in [-0.2, -0.15) is 0 Å². The molecule has 1 aromatic rings. The minimum atomic E-state index is 0.631. The van der Waals surface area contributed by atoms with E-state index in [2.05, 4.69) is 61.0 Å². The number of nitrogens with zero attached hydrogens (tertiary/aromatic N) is 1. The van der Waals surface area contributed by atoms with Crippen molar-refractivity contribution in [2.24, 2.45) is 0 Å². The van der Waals surface area contributed by atoms with Crippen LogP contribution in [0, 0.1) is 0 Å². The third kappa shape index (κ3) is 3.68. The van der Waals surface area contributed by atoms with Crippen LogP contribution in [0.4, 0.5) is 0 Å². The quantitative estimate of drug-likeness (QED) is 0.872. The van der Waals surface area contributed by atoms with E-state index in [1.54, 1.807) is 0 Å². The van der Waals surface area contributed by atoms with Crippen molar-refractivity contribution in [3.05, 3.63) is 42.5 Å². The maximum atomic E-state index is 4.28. The largest absolute Gasteiger partial charge is 0.311 e. The first kappa shape index (κ1) is 14.3. The van der Waals surface area contributed by atoms with E-state index in [-0.39, 0.29) is 0 Å². The molecule has 0 spiro atoms. The van der Waals surface area contributed by atoms with Crippen LogP contribution >= 0.6 is 0 Å². The van der Waals surface area contributed by atoms with E-state index in [1.807, 2.05) is 0 Å². The van der Waals surface area contributed by atoms with Gasteiger partial charge in [-0.3, -0.25) is 4.90 Å². The number of piperazine rings is 1. The summed E-state index contributed by atoms with van der Waals surface area (Å²) in [5.41, 5.74) is 2.50. The normalized spacial score (nSPS) is 24.3. The highest BCUT2D eigenvalue weighted by Gasteiger charge is 2.25. The highest BCUT2D eigenvalue weighted by atomic mass is 15.2. The molecule has 1 aliphatic heterocycles. The van der Waals surface area contributed by atoms with Crippen LogP contribution in [0.25, 0.3) is 5.57 Å². The average Bonchev–Trinajstić information content (AvgIpc) is 2.48. The SMILES string of the molecule is C=C(CN1CC(CC)NCC1CC)c1ccccc1. The molecule has 1 saturated heterocycles. The Kier molecular flexibility index (Phi) is 5.17. The van der Waals surface area contributed by atoms with E-state index in [9.17, 15) is 0 Å². The molecule has 1 N–H and O–H groups in total. The first-order chi connectivity index (χ1) is 9.24. The molecule has 2 rings (SSSR count). The molecule has 0 aliphatic carbocycles. The Morgan fingerprint density at radius 2 is 2.00 bits per heavy atom. The van der Waals surface area contributed by atoms with Gasteiger partial charge in [0.25, 0.3) is 0 Å². The van der Waals surface area contributed by atoms with Gasteiger partial charge in [-0.25, -0.2) is 0 Å². The van der Waals surface area contributed by atoms with Gasteiger partial charge >= 0.3 is 0 Å². The fourth-order valence-electron chi connectivity index (χ4n) is 2.81. The Balaban J connectivity index is 2.01. The lowest BCUT2D eigenvalue weighted by atomic mass is 10.0. The molecular weight excluding hydrogens is 232 g/mol. The first-order valence-electron chi connectivity index (χ1n) is 7.45. The minimum absolute atomic E-state index is 0.631. The third-order valence-electron chi connectivity index (χ3n) is 4.15. The summed E-state index contributed by atoms with van der Waals surface area (Å²) < 4.78 is 0. The molecule has 1 aromatic carbocycles. The van der Waals surface area contributed by atoms with Crippen LogP contribution in [0.15, 0.2) is 36.9 Å². The van der Waals surface area contributed by atoms with Crippen LogP contribution in [0.1, 0.15) is 32.3 Å². The van der Waals surface area contributed by atoms with E-state index in [1.165, 1.54) is 24.0 Å². The Bertz CT molecular complexity index is 399. The van der Waals surface area contributed by atoms with Crippen LogP contribution < -0.4 is 5.32 Å². The highest BCUT2D eigenvalue weighted by molar-refractivity contribution is 5.64. The lowest BCUT2D eigenvalue weighted by molar-refractivity contribution is 0.142. The molecule has 0 aromatic heterocycles. The lowest BCUT2D eigenvalue weighted by Crippen LogP contribution is -2.56. The summed E-state index contributed by atoms with van der Waals surface area (Å²) in [5, 5.41) is 3.64. The molecule has 2 nitrogen and oxygen atoms in total. The van der Waals surface area contributed by atoms with E-state index < -0.39 is 0 Å². The van der Waals surface area contributed by atoms with Crippen LogP contribution in [-0.2, 0) is 0 Å². The van der Waals surface area contributed by atoms with Gasteiger partial charge in [0.1, 0.15) is 0 Å². The molecule has 0 saturated carbocycles. The summed E-state index contributed by atoms with van der Waals surface area (Å²) in [4.78, 5) is 2.60. The zero-order valence-corrected chi connectivity index (χ0v) is 12.2. The second kappa shape index (κ2) is 6.88. The summed E-state index contributed by atoms with van der Waals surface area (Å²) in [7, 11) is 0. The van der Waals surface area contributed by atoms with E-state index in [0.29, 0.717) is 12.1 Å². The highest BCUT2D eigenvalue weighted by Crippen LogP contribution is 2.18. The van der Waals surface area contributed by atoms with E-state index in [0.717, 1.165) is 19.6 Å². The fourth-order valence-corrected chi connectivity index (χ4v) is 2.81. The number of hydrogen-bond donors (Lipinski definition) is 1. The van der Waals surface area contributed by atoms with Gasteiger partial charge in [0, 0.05) is 31.7 Å². The van der Waals surface area contributed by atoms with Gasteiger partial charge < -0.3 is 5.32 Å². The van der Waals surface area contributed by atoms with Crippen molar-refractivity contribution in [3.8, 4) is 0 Å². The van der Waals surface area contributed by atoms with Crippen molar-refractivity contribution >= 4 is 5.57 Å². The molecule has 1 fully saturated rings. The van der Waals surface area contributed by atoms with Crippen molar-refractivity contribution in [3.63, 3.8) is 0 Å². The molecule has 0 amide bonds. The molecule has 1 heterocycles. The average molecular weight is 258 g/mol. The van der Waals surface area contributed by atoms with Crippen molar-refractivity contribution in [2.45, 2.75) is 38.8 Å². The number of nitrogens with one attached hydrogen (secondary N) is 1. The van der Waals surface area contributed by atoms with Gasteiger partial charge in [0.15, 0.2) is 0 Å². The molecule has 2 unspecified atom stereocenters. The van der Waals surface area contributed by atoms with Gasteiger partial charge in [-0.05, 0) is 24.0 Å². The van der Waals surface area contributed by atoms with Crippen LogP contribution in [-0.4, -0.2) is 36.6 Å². The van der Waals surface area contributed by atoms with Crippen molar-refractivity contribution < 1.29 is 0 Å². The zero-order valence-electron chi connectivity index (χ0n) is 12.2. The van der Waals surface area contributed by atoms with Crippen LogP contribution in [0.2, 0.25) is 0 Å². The maximum absolute atomic E-state index is 4.28. The van der Waals surface area contributed by atoms with Gasteiger partial charge in [-0.15, -0.1) is 0 Å². The molecule has 0 radical (unpaired) electrons. The molecule has 2 atom stereocenters. The predicted octanol–water partition coefficient (Wildman–Crippen LogP) is 3.16. The topological polar surface area (TPSA) is 15.3 Å². The van der Waals surface area contributed by atoms with Gasteiger partial charge in [-0.1, -0.05) is 50.8 Å². The molecule has 19 heavy (non-hydrogen) atoms. The zero-order chi connectivity index (χ0) is 13.7. The number of hydrogen-bond acceptors (Lipinski definition) is 2. The van der Waals surface area contributed by atoms with Crippen LogP contribution in [0.3, 0.4) is 0 Å². The summed E-state index contributed by atoms with van der Waals surface area (Å²) in [6.45, 7) is 12.0. The molecule has 1 aliphatic rings. The molecule has 104 valence electrons. The second-order valence-electron chi connectivity index (χ2n) is 5.47. The summed E-state index contributed by atoms with van der Waals surface area (Å²) in [6, 6.07) is 11.8. The monoisotopic (exact) mass is 258 g/mol. The molecular formula is C17H26N2. The van der Waals surface area contributed by atoms with Gasteiger partial charge in [0.2, 0.25) is 0 Å². The third-order valence-corrected chi connectivity index (χ3v) is 4.15. The van der Waals surface area contributed by atoms with E-state index >= 15 is 0 Å². The Morgan fingerprint density at radius 3 is 2.63 bits per heavy atom. The summed E-state index contributed by atoms with van der Waals surface area (Å²) in [6.07, 6.45) is 2.40. The smallest absolute Gasteiger partial charge is 0.0237 e. The van der Waals surface area contributed by atoms with Crippen molar-refractivity contribution in [1.29, 1.82) is 0 Å². The lowest BCUT2D eigenvalue weighted by Gasteiger charge is -2.40. The Morgan fingerprint density at radius 1 is 1.26 bits per heavy atom. The maximum Gasteiger partial charge on any atom is 0.0237 e. The Hall–Kier alpha value is -1.12. The molecule has 2 heteroatoms. The van der Waals surface area contributed by atoms with Crippen molar-refractivity contribution in [1.82, 2.24) is 10.2 Å². The first-order valence-corrected chi connectivity index (χ1v) is 7.45. The summed E-state index contributed by atoms with van der Waals surface area (Å²) in [5.74, 6) is 0. The standard InChI is InChI=1S/C17H26N2/c1-4-16-13-19(17(5-2)11-18-16)12-14(3)15-9-7-6-8-10-15/h6-10,16-18H,3-5,11-13H2,1-2H3. The van der Waals surface area contributed by atoms with E-state index in [4.69, 9.17) is 0 Å². The number of benzene rings is 1. The Labute approximate surface area is 117 Å². The second-order valence-corrected chi connectivity index (χ2v) is 5.47. The van der Waals surface area contributed by atoms with Gasteiger partial charge in [0.05, 0.1) is 0 Å². The van der Waals surface area contributed by atoms with Crippen molar-refractivity contribution in [2.75, 3.05) is 19.6 Å².